The maximum Gasteiger partial charge on any atom is 0.262 e. The van der Waals surface area contributed by atoms with Crippen LogP contribution in [0, 0.1) is 6.92 Å². The lowest BCUT2D eigenvalue weighted by atomic mass is 10.1. The van der Waals surface area contributed by atoms with Crippen molar-refractivity contribution in [1.29, 1.82) is 0 Å². The summed E-state index contributed by atoms with van der Waals surface area (Å²) in [4.78, 5) is 20.3. The third-order valence-electron chi connectivity index (χ3n) is 4.88. The normalized spacial score (nSPS) is 10.8. The van der Waals surface area contributed by atoms with E-state index in [0.29, 0.717) is 5.75 Å². The van der Waals surface area contributed by atoms with Gasteiger partial charge in [0.25, 0.3) is 5.91 Å². The lowest BCUT2D eigenvalue weighted by Crippen LogP contribution is -2.20. The number of carbonyl (C=O) groups is 1. The molecular formula is C24H23N3O2. The molecule has 4 rings (SSSR count). The minimum atomic E-state index is -0.200. The van der Waals surface area contributed by atoms with Crippen molar-refractivity contribution in [2.24, 2.45) is 0 Å². The number of amides is 1. The molecule has 1 aromatic heterocycles. The first-order valence-electron chi connectivity index (χ1n) is 9.70. The van der Waals surface area contributed by atoms with E-state index in [1.54, 1.807) is 0 Å². The van der Waals surface area contributed by atoms with Crippen LogP contribution in [0.25, 0.3) is 22.4 Å². The van der Waals surface area contributed by atoms with Crippen molar-refractivity contribution in [1.82, 2.24) is 9.97 Å². The van der Waals surface area contributed by atoms with Crippen molar-refractivity contribution in [3.8, 4) is 17.1 Å². The second-order valence-electron chi connectivity index (χ2n) is 6.97. The van der Waals surface area contributed by atoms with Gasteiger partial charge in [-0.15, -0.1) is 0 Å². The zero-order valence-electron chi connectivity index (χ0n) is 16.5. The maximum absolute atomic E-state index is 12.4. The zero-order valence-corrected chi connectivity index (χ0v) is 16.5. The summed E-state index contributed by atoms with van der Waals surface area (Å²) in [6, 6.07) is 21.6. The highest BCUT2D eigenvalue weighted by Gasteiger charge is 2.10. The Bertz CT molecular complexity index is 1110. The predicted octanol–water partition coefficient (Wildman–Crippen LogP) is 5.12. The number of anilines is 1. The van der Waals surface area contributed by atoms with Gasteiger partial charge in [0, 0.05) is 11.3 Å². The molecule has 1 amide bonds. The molecule has 0 aliphatic rings. The first-order chi connectivity index (χ1) is 14.1. The van der Waals surface area contributed by atoms with Gasteiger partial charge in [0.15, 0.2) is 6.61 Å². The molecule has 0 bridgehead atoms. The van der Waals surface area contributed by atoms with Gasteiger partial charge in [-0.2, -0.15) is 0 Å². The topological polar surface area (TPSA) is 67.0 Å². The van der Waals surface area contributed by atoms with Crippen molar-refractivity contribution in [3.05, 3.63) is 77.9 Å². The minimum Gasteiger partial charge on any atom is -0.484 e. The van der Waals surface area contributed by atoms with Crippen molar-refractivity contribution in [3.63, 3.8) is 0 Å². The van der Waals surface area contributed by atoms with Gasteiger partial charge in [-0.3, -0.25) is 4.79 Å². The SMILES string of the molecule is CCc1ccc(OCC(=O)Nc2cc(-c3nc4ccccc4[nH]3)ccc2C)cc1. The molecular weight excluding hydrogens is 362 g/mol. The third-order valence-corrected chi connectivity index (χ3v) is 4.88. The Kier molecular flexibility index (Phi) is 5.29. The molecule has 5 nitrogen and oxygen atoms in total. The molecule has 0 unspecified atom stereocenters. The second-order valence-corrected chi connectivity index (χ2v) is 6.97. The molecule has 0 saturated carbocycles. The largest absolute Gasteiger partial charge is 0.484 e. The highest BCUT2D eigenvalue weighted by Crippen LogP contribution is 2.25. The Labute approximate surface area is 169 Å². The monoisotopic (exact) mass is 385 g/mol. The molecule has 146 valence electrons. The number of aromatic nitrogens is 2. The Hall–Kier alpha value is -3.60. The molecule has 29 heavy (non-hydrogen) atoms. The smallest absolute Gasteiger partial charge is 0.262 e. The number of ether oxygens (including phenoxy) is 1. The van der Waals surface area contributed by atoms with Gasteiger partial charge in [-0.05, 0) is 54.8 Å². The molecule has 4 aromatic rings. The van der Waals surface area contributed by atoms with Crippen LogP contribution in [0.3, 0.4) is 0 Å². The van der Waals surface area contributed by atoms with Crippen LogP contribution >= 0.6 is 0 Å². The number of aryl methyl sites for hydroxylation is 2. The number of hydrogen-bond donors (Lipinski definition) is 2. The number of rotatable bonds is 6. The molecule has 2 N–H and O–H groups in total. The fraction of sp³-hybridized carbons (Fsp3) is 0.167. The van der Waals surface area contributed by atoms with Gasteiger partial charge in [-0.1, -0.05) is 43.3 Å². The van der Waals surface area contributed by atoms with Crippen LogP contribution in [-0.4, -0.2) is 22.5 Å². The van der Waals surface area contributed by atoms with E-state index >= 15 is 0 Å². The highest BCUT2D eigenvalue weighted by molar-refractivity contribution is 5.93. The summed E-state index contributed by atoms with van der Waals surface area (Å²) in [6.07, 6.45) is 0.974. The number of para-hydroxylation sites is 2. The zero-order chi connectivity index (χ0) is 20.2. The van der Waals surface area contributed by atoms with E-state index in [-0.39, 0.29) is 12.5 Å². The van der Waals surface area contributed by atoms with Gasteiger partial charge in [-0.25, -0.2) is 4.98 Å². The number of H-pyrrole nitrogens is 1. The first kappa shape index (κ1) is 18.7. The molecule has 0 spiro atoms. The number of fused-ring (bicyclic) bond motifs is 1. The molecule has 3 aromatic carbocycles. The molecule has 0 saturated heterocycles. The van der Waals surface area contributed by atoms with Crippen LogP contribution in [0.2, 0.25) is 0 Å². The van der Waals surface area contributed by atoms with Crippen LogP contribution < -0.4 is 10.1 Å². The van der Waals surface area contributed by atoms with Gasteiger partial charge in [0.05, 0.1) is 11.0 Å². The Morgan fingerprint density at radius 2 is 1.86 bits per heavy atom. The fourth-order valence-electron chi connectivity index (χ4n) is 3.15. The minimum absolute atomic E-state index is 0.0419. The van der Waals surface area contributed by atoms with Crippen molar-refractivity contribution >= 4 is 22.6 Å². The summed E-state index contributed by atoms with van der Waals surface area (Å²) in [5, 5.41) is 2.94. The van der Waals surface area contributed by atoms with E-state index < -0.39 is 0 Å². The number of benzene rings is 3. The average Bonchev–Trinajstić information content (AvgIpc) is 3.18. The summed E-state index contributed by atoms with van der Waals surface area (Å²) >= 11 is 0. The molecule has 0 aliphatic carbocycles. The Balaban J connectivity index is 1.46. The lowest BCUT2D eigenvalue weighted by Gasteiger charge is -2.11. The Morgan fingerprint density at radius 3 is 2.62 bits per heavy atom. The number of carbonyl (C=O) groups excluding carboxylic acids is 1. The van der Waals surface area contributed by atoms with E-state index in [4.69, 9.17) is 4.74 Å². The van der Waals surface area contributed by atoms with E-state index in [2.05, 4.69) is 22.2 Å². The van der Waals surface area contributed by atoms with Crippen molar-refractivity contribution in [2.45, 2.75) is 20.3 Å². The van der Waals surface area contributed by atoms with E-state index in [0.717, 1.165) is 40.1 Å². The number of nitrogens with zero attached hydrogens (tertiary/aromatic N) is 1. The highest BCUT2D eigenvalue weighted by atomic mass is 16.5. The number of imidazole rings is 1. The molecule has 0 fully saturated rings. The van der Waals surface area contributed by atoms with Gasteiger partial charge in [0.2, 0.25) is 0 Å². The molecule has 0 radical (unpaired) electrons. The van der Waals surface area contributed by atoms with Crippen LogP contribution in [-0.2, 0) is 11.2 Å². The standard InChI is InChI=1S/C24H23N3O2/c1-3-17-9-12-19(13-10-17)29-15-23(28)25-22-14-18(11-8-16(22)2)24-26-20-6-4-5-7-21(20)27-24/h4-14H,3,15H2,1-2H3,(H,25,28)(H,26,27). The van der Waals surface area contributed by atoms with Crippen molar-refractivity contribution < 1.29 is 9.53 Å². The van der Waals surface area contributed by atoms with Crippen LogP contribution in [0.4, 0.5) is 5.69 Å². The molecule has 5 heteroatoms. The van der Waals surface area contributed by atoms with Gasteiger partial charge < -0.3 is 15.0 Å². The quantitative estimate of drug-likeness (QED) is 0.484. The van der Waals surface area contributed by atoms with E-state index in [1.807, 2.05) is 73.7 Å². The molecule has 0 aliphatic heterocycles. The van der Waals surface area contributed by atoms with Crippen LogP contribution in [0.5, 0.6) is 5.75 Å². The summed E-state index contributed by atoms with van der Waals surface area (Å²) in [5.41, 5.74) is 5.77. The van der Waals surface area contributed by atoms with Crippen LogP contribution in [0.1, 0.15) is 18.1 Å². The first-order valence-corrected chi connectivity index (χ1v) is 9.70. The molecule has 1 heterocycles. The maximum atomic E-state index is 12.4. The summed E-state index contributed by atoms with van der Waals surface area (Å²) in [5.74, 6) is 1.26. The predicted molar refractivity (Wildman–Crippen MR) is 116 cm³/mol. The molecule has 0 atom stereocenters. The third kappa shape index (κ3) is 4.29. The second kappa shape index (κ2) is 8.19. The van der Waals surface area contributed by atoms with Crippen molar-refractivity contribution in [2.75, 3.05) is 11.9 Å². The number of aromatic amines is 1. The Morgan fingerprint density at radius 1 is 1.07 bits per heavy atom. The van der Waals surface area contributed by atoms with Crippen LogP contribution in [0.15, 0.2) is 66.7 Å². The summed E-state index contributed by atoms with van der Waals surface area (Å²) in [7, 11) is 0. The van der Waals surface area contributed by atoms with Gasteiger partial charge in [0.1, 0.15) is 11.6 Å². The van der Waals surface area contributed by atoms with E-state index in [9.17, 15) is 4.79 Å². The summed E-state index contributed by atoms with van der Waals surface area (Å²) < 4.78 is 5.60. The number of hydrogen-bond acceptors (Lipinski definition) is 3. The fourth-order valence-corrected chi connectivity index (χ4v) is 3.15. The lowest BCUT2D eigenvalue weighted by molar-refractivity contribution is -0.118. The average molecular weight is 385 g/mol. The van der Waals surface area contributed by atoms with E-state index in [1.165, 1.54) is 5.56 Å². The van der Waals surface area contributed by atoms with Gasteiger partial charge >= 0.3 is 0 Å². The summed E-state index contributed by atoms with van der Waals surface area (Å²) in [6.45, 7) is 4.02. The number of nitrogens with one attached hydrogen (secondary N) is 2.